The highest BCUT2D eigenvalue weighted by Gasteiger charge is 2.59. The van der Waals surface area contributed by atoms with Crippen molar-refractivity contribution in [1.82, 2.24) is 9.13 Å². The van der Waals surface area contributed by atoms with E-state index < -0.39 is 0 Å². The normalized spacial score (nSPS) is 21.4. The van der Waals surface area contributed by atoms with Crippen LogP contribution in [-0.4, -0.2) is 30.5 Å². The summed E-state index contributed by atoms with van der Waals surface area (Å²) in [5.41, 5.74) is 9.00. The van der Waals surface area contributed by atoms with Gasteiger partial charge in [-0.25, -0.2) is 0 Å². The molecule has 190 valence electrons. The van der Waals surface area contributed by atoms with Gasteiger partial charge in [0.25, 0.3) is 0 Å². The summed E-state index contributed by atoms with van der Waals surface area (Å²) in [6, 6.07) is 8.62. The van der Waals surface area contributed by atoms with Crippen molar-refractivity contribution in [1.29, 1.82) is 0 Å². The lowest BCUT2D eigenvalue weighted by Gasteiger charge is -2.34. The van der Waals surface area contributed by atoms with Gasteiger partial charge in [0.1, 0.15) is 22.9 Å². The number of benzene rings is 2. The Morgan fingerprint density at radius 1 is 0.639 bits per heavy atom. The second-order valence-electron chi connectivity index (χ2n) is 12.3. The molecule has 0 saturated heterocycles. The van der Waals surface area contributed by atoms with Crippen LogP contribution in [-0.2, 0) is 16.5 Å². The number of hydrogen-bond acceptors (Lipinski definition) is 3. The minimum absolute atomic E-state index is 0.00786. The molecule has 0 bridgehead atoms. The van der Waals surface area contributed by atoms with Gasteiger partial charge >= 0.3 is 0 Å². The number of fused-ring (bicyclic) bond motifs is 8. The number of ether oxygens (including phenoxy) is 3. The van der Waals surface area contributed by atoms with Crippen molar-refractivity contribution in [2.24, 2.45) is 0 Å². The van der Waals surface area contributed by atoms with E-state index in [9.17, 15) is 0 Å². The number of methoxy groups -OCH3 is 3. The highest BCUT2D eigenvalue weighted by Crippen LogP contribution is 2.61. The first-order chi connectivity index (χ1) is 16.9. The molecule has 1 atom stereocenters. The Morgan fingerprint density at radius 2 is 1.11 bits per heavy atom. The van der Waals surface area contributed by atoms with Crippen LogP contribution in [0.5, 0.6) is 17.2 Å². The van der Waals surface area contributed by atoms with Crippen LogP contribution < -0.4 is 14.2 Å². The summed E-state index contributed by atoms with van der Waals surface area (Å²) in [6.07, 6.45) is 2.06. The van der Waals surface area contributed by atoms with Gasteiger partial charge < -0.3 is 23.3 Å². The van der Waals surface area contributed by atoms with Gasteiger partial charge in [0.05, 0.1) is 32.4 Å². The van der Waals surface area contributed by atoms with Gasteiger partial charge in [-0.15, -0.1) is 0 Å². The van der Waals surface area contributed by atoms with Crippen LogP contribution in [0.2, 0.25) is 0 Å². The maximum atomic E-state index is 5.92. The van der Waals surface area contributed by atoms with E-state index in [1.807, 2.05) is 6.07 Å². The average Bonchev–Trinajstić information content (AvgIpc) is 3.45. The molecule has 1 spiro atoms. The zero-order valence-corrected chi connectivity index (χ0v) is 23.3. The van der Waals surface area contributed by atoms with Gasteiger partial charge in [-0.2, -0.15) is 0 Å². The van der Waals surface area contributed by atoms with Gasteiger partial charge in [-0.3, -0.25) is 0 Å². The maximum Gasteiger partial charge on any atom is 0.132 e. The van der Waals surface area contributed by atoms with Gasteiger partial charge in [-0.05, 0) is 43.5 Å². The zero-order valence-electron chi connectivity index (χ0n) is 23.3. The lowest BCUT2D eigenvalue weighted by molar-refractivity contribution is 0.222. The molecule has 36 heavy (non-hydrogen) atoms. The Hall–Kier alpha value is -3.08. The molecule has 0 fully saturated rings. The number of hydrogen-bond donors (Lipinski definition) is 0. The van der Waals surface area contributed by atoms with E-state index in [1.165, 1.54) is 49.9 Å². The number of rotatable bonds is 3. The first kappa shape index (κ1) is 23.3. The highest BCUT2D eigenvalue weighted by atomic mass is 16.5. The molecule has 2 aromatic heterocycles. The van der Waals surface area contributed by atoms with E-state index in [1.54, 1.807) is 21.3 Å². The lowest BCUT2D eigenvalue weighted by atomic mass is 9.77. The molecule has 5 nitrogen and oxygen atoms in total. The zero-order chi connectivity index (χ0) is 25.9. The molecule has 0 saturated carbocycles. The van der Waals surface area contributed by atoms with Crippen LogP contribution in [0.1, 0.15) is 68.6 Å². The third kappa shape index (κ3) is 2.61. The highest BCUT2D eigenvalue weighted by molar-refractivity contribution is 5.95. The molecule has 2 aliphatic heterocycles. The fourth-order valence-corrected chi connectivity index (χ4v) is 8.29. The molecular formula is C31H38N2O3. The standard InChI is InChI=1S/C31H38N2O3/c1-17-11-20(34-8)12-22-25(17)18(2)27-29(4,5)15-31(32(22)27)16-30(6,7)28-19(3)26-23(33(28)31)13-21(35-9)14-24(26)36-10/h11-14H,15-16H2,1-10H3. The third-order valence-corrected chi connectivity index (χ3v) is 8.99. The number of aromatic nitrogens is 2. The molecule has 4 heterocycles. The smallest absolute Gasteiger partial charge is 0.132 e. The van der Waals surface area contributed by atoms with Crippen molar-refractivity contribution >= 4 is 21.8 Å². The molecule has 0 N–H and O–H groups in total. The Labute approximate surface area is 213 Å². The van der Waals surface area contributed by atoms with E-state index >= 15 is 0 Å². The van der Waals surface area contributed by atoms with Crippen LogP contribution in [0.3, 0.4) is 0 Å². The van der Waals surface area contributed by atoms with Crippen LogP contribution in [0.15, 0.2) is 24.3 Å². The summed E-state index contributed by atoms with van der Waals surface area (Å²) in [5, 5.41) is 2.54. The molecular weight excluding hydrogens is 448 g/mol. The fourth-order valence-electron chi connectivity index (χ4n) is 8.29. The Morgan fingerprint density at radius 3 is 1.61 bits per heavy atom. The van der Waals surface area contributed by atoms with E-state index in [-0.39, 0.29) is 16.5 Å². The second-order valence-corrected chi connectivity index (χ2v) is 12.3. The van der Waals surface area contributed by atoms with E-state index in [2.05, 4.69) is 75.8 Å². The summed E-state index contributed by atoms with van der Waals surface area (Å²) < 4.78 is 22.8. The van der Waals surface area contributed by atoms with Gasteiger partial charge in [-0.1, -0.05) is 27.7 Å². The predicted molar refractivity (Wildman–Crippen MR) is 146 cm³/mol. The summed E-state index contributed by atoms with van der Waals surface area (Å²) in [7, 11) is 5.25. The molecule has 0 amide bonds. The van der Waals surface area contributed by atoms with Crippen molar-refractivity contribution < 1.29 is 14.2 Å². The number of aryl methyl sites for hydroxylation is 3. The molecule has 4 aromatic rings. The topological polar surface area (TPSA) is 37.6 Å². The molecule has 0 radical (unpaired) electrons. The Bertz CT molecular complexity index is 1580. The Kier molecular flexibility index (Phi) is 4.55. The SMILES string of the molecule is COc1cc(C)c2c(C)c3n(c2c1)C1(CC3(C)C)CC(C)(C)c2c(C)c3c(OC)cc(OC)cc3n21. The summed E-state index contributed by atoms with van der Waals surface area (Å²) in [4.78, 5) is 0. The molecule has 0 aliphatic carbocycles. The second kappa shape index (κ2) is 7.02. The first-order valence-corrected chi connectivity index (χ1v) is 12.9. The van der Waals surface area contributed by atoms with Gasteiger partial charge in [0.15, 0.2) is 0 Å². The van der Waals surface area contributed by atoms with Crippen LogP contribution in [0.25, 0.3) is 21.8 Å². The molecule has 2 aromatic carbocycles. The molecule has 5 heteroatoms. The van der Waals surface area contributed by atoms with Crippen molar-refractivity contribution in [3.05, 3.63) is 52.3 Å². The van der Waals surface area contributed by atoms with Gasteiger partial charge in [0.2, 0.25) is 0 Å². The minimum Gasteiger partial charge on any atom is -0.497 e. The lowest BCUT2D eigenvalue weighted by Crippen LogP contribution is -2.37. The van der Waals surface area contributed by atoms with Crippen LogP contribution in [0.4, 0.5) is 0 Å². The Balaban J connectivity index is 1.82. The van der Waals surface area contributed by atoms with Crippen molar-refractivity contribution in [2.45, 2.75) is 77.8 Å². The van der Waals surface area contributed by atoms with Crippen LogP contribution in [0, 0.1) is 20.8 Å². The fraction of sp³-hybridized carbons (Fsp3) is 0.484. The van der Waals surface area contributed by atoms with Crippen LogP contribution >= 0.6 is 0 Å². The minimum atomic E-state index is -0.243. The summed E-state index contributed by atoms with van der Waals surface area (Å²) in [5.74, 6) is 2.61. The largest absolute Gasteiger partial charge is 0.497 e. The van der Waals surface area contributed by atoms with Crippen molar-refractivity contribution in [2.75, 3.05) is 21.3 Å². The summed E-state index contributed by atoms with van der Waals surface area (Å²) in [6.45, 7) is 16.4. The van der Waals surface area contributed by atoms with Crippen molar-refractivity contribution in [3.63, 3.8) is 0 Å². The monoisotopic (exact) mass is 486 g/mol. The van der Waals surface area contributed by atoms with Gasteiger partial charge in [0, 0.05) is 64.0 Å². The summed E-state index contributed by atoms with van der Waals surface area (Å²) >= 11 is 0. The molecule has 2 aliphatic rings. The number of nitrogens with zero attached hydrogens (tertiary/aromatic N) is 2. The van der Waals surface area contributed by atoms with Crippen molar-refractivity contribution in [3.8, 4) is 17.2 Å². The predicted octanol–water partition coefficient (Wildman–Crippen LogP) is 7.11. The third-order valence-electron chi connectivity index (χ3n) is 8.99. The van der Waals surface area contributed by atoms with E-state index in [4.69, 9.17) is 14.2 Å². The van der Waals surface area contributed by atoms with E-state index in [0.29, 0.717) is 0 Å². The average molecular weight is 487 g/mol. The molecule has 6 rings (SSSR count). The molecule has 1 unspecified atom stereocenters. The quantitative estimate of drug-likeness (QED) is 0.310. The maximum absolute atomic E-state index is 5.92. The first-order valence-electron chi connectivity index (χ1n) is 12.9. The van der Waals surface area contributed by atoms with E-state index in [0.717, 1.165) is 30.1 Å².